The fourth-order valence-electron chi connectivity index (χ4n) is 2.29. The van der Waals surface area contributed by atoms with E-state index in [1.807, 2.05) is 44.2 Å². The van der Waals surface area contributed by atoms with Crippen LogP contribution < -0.4 is 5.32 Å². The molecule has 0 aliphatic heterocycles. The second-order valence-electron chi connectivity index (χ2n) is 5.68. The van der Waals surface area contributed by atoms with E-state index in [-0.39, 0.29) is 11.7 Å². The topological polar surface area (TPSA) is 67.8 Å². The molecule has 0 unspecified atom stereocenters. The molecule has 7 heteroatoms. The summed E-state index contributed by atoms with van der Waals surface area (Å²) >= 11 is 7.45. The Labute approximate surface area is 161 Å². The number of hydrogen-bond donors (Lipinski definition) is 1. The normalized spacial score (nSPS) is 10.6. The molecular formula is C19H17ClN4OS. The third-order valence-corrected chi connectivity index (χ3v) is 4.92. The van der Waals surface area contributed by atoms with Gasteiger partial charge in [0.15, 0.2) is 0 Å². The maximum Gasteiger partial charge on any atom is 0.234 e. The van der Waals surface area contributed by atoms with E-state index in [9.17, 15) is 4.79 Å². The maximum absolute atomic E-state index is 12.2. The summed E-state index contributed by atoms with van der Waals surface area (Å²) in [7, 11) is 0. The van der Waals surface area contributed by atoms with Gasteiger partial charge in [0.05, 0.1) is 11.4 Å². The summed E-state index contributed by atoms with van der Waals surface area (Å²) in [6, 6.07) is 11.1. The van der Waals surface area contributed by atoms with Gasteiger partial charge in [-0.25, -0.2) is 9.97 Å². The van der Waals surface area contributed by atoms with Crippen molar-refractivity contribution >= 4 is 35.0 Å². The van der Waals surface area contributed by atoms with Gasteiger partial charge in [-0.3, -0.25) is 9.78 Å². The molecule has 0 atom stereocenters. The fourth-order valence-corrected chi connectivity index (χ4v) is 3.22. The van der Waals surface area contributed by atoms with E-state index in [1.54, 1.807) is 18.5 Å². The molecule has 0 spiro atoms. The van der Waals surface area contributed by atoms with Crippen LogP contribution in [0.5, 0.6) is 0 Å². The number of aromatic nitrogens is 3. The molecule has 1 N–H and O–H groups in total. The van der Waals surface area contributed by atoms with Crippen molar-refractivity contribution in [2.45, 2.75) is 18.9 Å². The van der Waals surface area contributed by atoms with E-state index in [4.69, 9.17) is 11.6 Å². The molecule has 0 saturated carbocycles. The zero-order valence-corrected chi connectivity index (χ0v) is 15.9. The molecule has 1 aromatic carbocycles. The van der Waals surface area contributed by atoms with Gasteiger partial charge in [-0.2, -0.15) is 0 Å². The molecule has 3 rings (SSSR count). The van der Waals surface area contributed by atoms with Gasteiger partial charge in [0.2, 0.25) is 5.91 Å². The first-order valence-corrected chi connectivity index (χ1v) is 9.32. The number of nitrogens with zero attached hydrogens (tertiary/aromatic N) is 3. The number of amides is 1. The van der Waals surface area contributed by atoms with Crippen LogP contribution in [0, 0.1) is 13.8 Å². The van der Waals surface area contributed by atoms with E-state index in [0.717, 1.165) is 21.8 Å². The van der Waals surface area contributed by atoms with E-state index >= 15 is 0 Å². The molecule has 0 bridgehead atoms. The highest BCUT2D eigenvalue weighted by molar-refractivity contribution is 7.99. The van der Waals surface area contributed by atoms with Gasteiger partial charge in [-0.1, -0.05) is 29.4 Å². The van der Waals surface area contributed by atoms with Crippen LogP contribution in [-0.4, -0.2) is 26.6 Å². The van der Waals surface area contributed by atoms with Crippen molar-refractivity contribution in [3.05, 3.63) is 65.2 Å². The van der Waals surface area contributed by atoms with Gasteiger partial charge in [0, 0.05) is 28.7 Å². The predicted octanol–water partition coefficient (Wildman–Crippen LogP) is 4.54. The number of carbonyl (C=O) groups is 1. The van der Waals surface area contributed by atoms with Crippen LogP contribution in [0.4, 0.5) is 5.69 Å². The summed E-state index contributed by atoms with van der Waals surface area (Å²) in [5, 5.41) is 4.23. The third kappa shape index (κ3) is 4.80. The Balaban J connectivity index is 1.66. The summed E-state index contributed by atoms with van der Waals surface area (Å²) in [5.41, 5.74) is 3.43. The average molecular weight is 385 g/mol. The van der Waals surface area contributed by atoms with Crippen molar-refractivity contribution in [2.24, 2.45) is 0 Å². The van der Waals surface area contributed by atoms with Crippen molar-refractivity contribution in [1.82, 2.24) is 15.0 Å². The number of anilines is 1. The quantitative estimate of drug-likeness (QED) is 0.516. The SMILES string of the molecule is Cc1nc(SCC(=O)Nc2ccc(C)c(Cl)c2)cc(-c2ccncc2)n1. The monoisotopic (exact) mass is 384 g/mol. The Morgan fingerprint density at radius 3 is 2.62 bits per heavy atom. The third-order valence-electron chi connectivity index (χ3n) is 3.60. The largest absolute Gasteiger partial charge is 0.325 e. The number of carbonyl (C=O) groups excluding carboxylic acids is 1. The van der Waals surface area contributed by atoms with Crippen LogP contribution in [0.15, 0.2) is 53.8 Å². The lowest BCUT2D eigenvalue weighted by molar-refractivity contribution is -0.113. The Morgan fingerprint density at radius 2 is 1.88 bits per heavy atom. The number of hydrogen-bond acceptors (Lipinski definition) is 5. The minimum absolute atomic E-state index is 0.114. The van der Waals surface area contributed by atoms with E-state index in [2.05, 4.69) is 20.3 Å². The molecule has 1 amide bonds. The van der Waals surface area contributed by atoms with Crippen LogP contribution in [0.1, 0.15) is 11.4 Å². The second-order valence-corrected chi connectivity index (χ2v) is 7.08. The number of aryl methyl sites for hydroxylation is 2. The second kappa shape index (κ2) is 8.29. The Morgan fingerprint density at radius 1 is 1.12 bits per heavy atom. The first kappa shape index (κ1) is 18.4. The van der Waals surface area contributed by atoms with Crippen LogP contribution in [0.2, 0.25) is 5.02 Å². The van der Waals surface area contributed by atoms with Crippen LogP contribution in [0.25, 0.3) is 11.3 Å². The number of thioether (sulfide) groups is 1. The zero-order chi connectivity index (χ0) is 18.5. The number of nitrogens with one attached hydrogen (secondary N) is 1. The Hall–Kier alpha value is -2.44. The molecule has 132 valence electrons. The first-order chi connectivity index (χ1) is 12.5. The number of rotatable bonds is 5. The van der Waals surface area contributed by atoms with E-state index in [1.165, 1.54) is 11.8 Å². The highest BCUT2D eigenvalue weighted by Gasteiger charge is 2.09. The lowest BCUT2D eigenvalue weighted by Crippen LogP contribution is -2.14. The molecule has 0 radical (unpaired) electrons. The van der Waals surface area contributed by atoms with Gasteiger partial charge in [0.25, 0.3) is 0 Å². The molecule has 0 fully saturated rings. The molecule has 0 aliphatic rings. The average Bonchev–Trinajstić information content (AvgIpc) is 2.63. The highest BCUT2D eigenvalue weighted by atomic mass is 35.5. The van der Waals surface area contributed by atoms with Gasteiger partial charge in [-0.05, 0) is 49.7 Å². The predicted molar refractivity (Wildman–Crippen MR) is 106 cm³/mol. The minimum atomic E-state index is -0.114. The molecule has 26 heavy (non-hydrogen) atoms. The standard InChI is InChI=1S/C19H17ClN4OS/c1-12-3-4-15(9-16(12)20)24-18(25)11-26-19-10-17(22-13(2)23-19)14-5-7-21-8-6-14/h3-10H,11H2,1-2H3,(H,24,25). The van der Waals surface area contributed by atoms with E-state index < -0.39 is 0 Å². The zero-order valence-electron chi connectivity index (χ0n) is 14.4. The minimum Gasteiger partial charge on any atom is -0.325 e. The van der Waals surface area contributed by atoms with Gasteiger partial charge in [-0.15, -0.1) is 0 Å². The van der Waals surface area contributed by atoms with Crippen molar-refractivity contribution in [1.29, 1.82) is 0 Å². The number of halogens is 1. The Bertz CT molecular complexity index is 934. The van der Waals surface area contributed by atoms with Gasteiger partial charge in [0.1, 0.15) is 10.9 Å². The van der Waals surface area contributed by atoms with E-state index in [0.29, 0.717) is 16.5 Å². The lowest BCUT2D eigenvalue weighted by Gasteiger charge is -2.08. The van der Waals surface area contributed by atoms with Gasteiger partial charge < -0.3 is 5.32 Å². The van der Waals surface area contributed by atoms with Crippen molar-refractivity contribution in [2.75, 3.05) is 11.1 Å². The van der Waals surface area contributed by atoms with Crippen LogP contribution in [-0.2, 0) is 4.79 Å². The molecular weight excluding hydrogens is 368 g/mol. The van der Waals surface area contributed by atoms with Crippen LogP contribution in [0.3, 0.4) is 0 Å². The lowest BCUT2D eigenvalue weighted by atomic mass is 10.2. The van der Waals surface area contributed by atoms with Crippen molar-refractivity contribution < 1.29 is 4.79 Å². The summed E-state index contributed by atoms with van der Waals surface area (Å²) in [6.45, 7) is 3.75. The number of pyridine rings is 1. The summed E-state index contributed by atoms with van der Waals surface area (Å²) in [4.78, 5) is 25.1. The molecule has 5 nitrogen and oxygen atoms in total. The molecule has 2 heterocycles. The summed E-state index contributed by atoms with van der Waals surface area (Å²) in [6.07, 6.45) is 3.44. The van der Waals surface area contributed by atoms with Crippen molar-refractivity contribution in [3.63, 3.8) is 0 Å². The number of benzene rings is 1. The van der Waals surface area contributed by atoms with Crippen molar-refractivity contribution in [3.8, 4) is 11.3 Å². The molecule has 3 aromatic rings. The Kier molecular flexibility index (Phi) is 5.85. The fraction of sp³-hybridized carbons (Fsp3) is 0.158. The highest BCUT2D eigenvalue weighted by Crippen LogP contribution is 2.24. The smallest absolute Gasteiger partial charge is 0.234 e. The molecule has 0 saturated heterocycles. The maximum atomic E-state index is 12.2. The summed E-state index contributed by atoms with van der Waals surface area (Å²) in [5.74, 6) is 0.793. The van der Waals surface area contributed by atoms with Gasteiger partial charge >= 0.3 is 0 Å². The molecule has 0 aliphatic carbocycles. The van der Waals surface area contributed by atoms with Crippen LogP contribution >= 0.6 is 23.4 Å². The molecule has 2 aromatic heterocycles. The first-order valence-electron chi connectivity index (χ1n) is 7.96. The summed E-state index contributed by atoms with van der Waals surface area (Å²) < 4.78 is 0.